The van der Waals surface area contributed by atoms with Crippen LogP contribution in [-0.4, -0.2) is 0 Å². The van der Waals surface area contributed by atoms with Crippen LogP contribution in [0.15, 0.2) is 12.2 Å². The Morgan fingerprint density at radius 1 is 1.50 bits per heavy atom. The summed E-state index contributed by atoms with van der Waals surface area (Å²) < 4.78 is 0. The highest BCUT2D eigenvalue weighted by molar-refractivity contribution is 5.11. The summed E-state index contributed by atoms with van der Waals surface area (Å²) in [6.45, 7) is 0. The minimum absolute atomic E-state index is 1.03. The molecular weight excluding hydrogens is 72.1 g/mol. The van der Waals surface area contributed by atoms with Crippen molar-refractivity contribution in [2.75, 3.05) is 0 Å². The summed E-state index contributed by atoms with van der Waals surface area (Å²) in [6.07, 6.45) is 7.53. The van der Waals surface area contributed by atoms with Gasteiger partial charge in [0.1, 0.15) is 0 Å². The molecule has 2 aliphatic rings. The van der Waals surface area contributed by atoms with Crippen LogP contribution in [0.2, 0.25) is 0 Å². The predicted octanol–water partition coefficient (Wildman–Crippen LogP) is 1.58. The van der Waals surface area contributed by atoms with Gasteiger partial charge in [-0.15, -0.1) is 0 Å². The summed E-state index contributed by atoms with van der Waals surface area (Å²) in [6, 6.07) is 0. The monoisotopic (exact) mass is 80.1 g/mol. The molecule has 0 saturated heterocycles. The maximum Gasteiger partial charge on any atom is -0.0199 e. The number of allylic oxidation sites excluding steroid dienone is 2. The van der Waals surface area contributed by atoms with Gasteiger partial charge in [0.05, 0.1) is 0 Å². The average molecular weight is 80.1 g/mol. The van der Waals surface area contributed by atoms with Gasteiger partial charge in [-0.1, -0.05) is 12.2 Å². The van der Waals surface area contributed by atoms with E-state index in [1.165, 1.54) is 12.8 Å². The van der Waals surface area contributed by atoms with E-state index < -0.39 is 0 Å². The highest BCUT2D eigenvalue weighted by Gasteiger charge is 2.36. The van der Waals surface area contributed by atoms with E-state index in [-0.39, 0.29) is 0 Å². The highest BCUT2D eigenvalue weighted by atomic mass is 14.4. The van der Waals surface area contributed by atoms with Crippen LogP contribution in [0.1, 0.15) is 12.8 Å². The van der Waals surface area contributed by atoms with Gasteiger partial charge < -0.3 is 0 Å². The maximum absolute atomic E-state index is 2.35. The van der Waals surface area contributed by atoms with E-state index in [2.05, 4.69) is 12.2 Å². The van der Waals surface area contributed by atoms with Gasteiger partial charge in [-0.2, -0.15) is 0 Å². The van der Waals surface area contributed by atoms with Crippen LogP contribution in [0.3, 0.4) is 0 Å². The van der Waals surface area contributed by atoms with E-state index in [1.807, 2.05) is 0 Å². The van der Waals surface area contributed by atoms with Gasteiger partial charge in [0.2, 0.25) is 0 Å². The SMILES string of the molecule is C1=C[C@H]2CC2C1. The first kappa shape index (κ1) is 2.84. The molecule has 0 radical (unpaired) electrons. The van der Waals surface area contributed by atoms with Crippen molar-refractivity contribution in [3.63, 3.8) is 0 Å². The lowest BCUT2D eigenvalue weighted by Crippen LogP contribution is -1.61. The Hall–Kier alpha value is -0.260. The van der Waals surface area contributed by atoms with Crippen molar-refractivity contribution in [1.82, 2.24) is 0 Å². The number of fused-ring (bicyclic) bond motifs is 1. The molecule has 0 aromatic carbocycles. The van der Waals surface area contributed by atoms with Crippen molar-refractivity contribution >= 4 is 0 Å². The van der Waals surface area contributed by atoms with Crippen LogP contribution in [0.5, 0.6) is 0 Å². The summed E-state index contributed by atoms with van der Waals surface area (Å²) >= 11 is 0. The second kappa shape index (κ2) is 0.699. The van der Waals surface area contributed by atoms with Gasteiger partial charge in [0.15, 0.2) is 0 Å². The normalized spacial score (nSPS) is 49.3. The van der Waals surface area contributed by atoms with Gasteiger partial charge in [-0.05, 0) is 24.7 Å². The molecule has 6 heavy (non-hydrogen) atoms. The molecule has 1 unspecified atom stereocenters. The van der Waals surface area contributed by atoms with E-state index in [0.29, 0.717) is 0 Å². The zero-order valence-electron chi connectivity index (χ0n) is 3.72. The molecule has 2 rings (SSSR count). The minimum Gasteiger partial charge on any atom is -0.0880 e. The topological polar surface area (TPSA) is 0 Å². The first-order valence-corrected chi connectivity index (χ1v) is 2.63. The van der Waals surface area contributed by atoms with E-state index in [4.69, 9.17) is 0 Å². The average Bonchev–Trinajstić information content (AvgIpc) is 2.17. The van der Waals surface area contributed by atoms with Gasteiger partial charge in [0, 0.05) is 0 Å². The Kier molecular flexibility index (Phi) is 0.331. The summed E-state index contributed by atoms with van der Waals surface area (Å²) in [5, 5.41) is 0. The molecule has 0 aromatic heterocycles. The molecule has 0 amide bonds. The molecule has 0 heterocycles. The minimum atomic E-state index is 1.03. The zero-order chi connectivity index (χ0) is 3.98. The van der Waals surface area contributed by atoms with Crippen LogP contribution < -0.4 is 0 Å². The van der Waals surface area contributed by atoms with Crippen molar-refractivity contribution < 1.29 is 0 Å². The van der Waals surface area contributed by atoms with Crippen LogP contribution in [0, 0.1) is 11.8 Å². The third kappa shape index (κ3) is 0.204. The molecule has 0 aliphatic heterocycles. The molecule has 0 aromatic rings. The van der Waals surface area contributed by atoms with Crippen LogP contribution in [-0.2, 0) is 0 Å². The van der Waals surface area contributed by atoms with E-state index in [9.17, 15) is 0 Å². The molecule has 1 saturated carbocycles. The van der Waals surface area contributed by atoms with Crippen molar-refractivity contribution in [3.8, 4) is 0 Å². The van der Waals surface area contributed by atoms with Crippen molar-refractivity contribution in [3.05, 3.63) is 12.2 Å². The van der Waals surface area contributed by atoms with Crippen molar-refractivity contribution in [2.24, 2.45) is 11.8 Å². The summed E-state index contributed by atoms with van der Waals surface area (Å²) in [5.41, 5.74) is 0. The molecule has 0 nitrogen and oxygen atoms in total. The number of rotatable bonds is 0. The zero-order valence-corrected chi connectivity index (χ0v) is 3.72. The van der Waals surface area contributed by atoms with E-state index >= 15 is 0 Å². The molecule has 32 valence electrons. The second-order valence-corrected chi connectivity index (χ2v) is 2.32. The maximum atomic E-state index is 2.35. The largest absolute Gasteiger partial charge is 0.0880 e. The highest BCUT2D eigenvalue weighted by Crippen LogP contribution is 2.46. The quantitative estimate of drug-likeness (QED) is 0.387. The molecule has 2 aliphatic carbocycles. The Morgan fingerprint density at radius 2 is 2.50 bits per heavy atom. The Bertz CT molecular complexity index is 92.2. The molecule has 0 bridgehead atoms. The fourth-order valence-corrected chi connectivity index (χ4v) is 1.21. The van der Waals surface area contributed by atoms with Gasteiger partial charge >= 0.3 is 0 Å². The third-order valence-electron chi connectivity index (χ3n) is 1.80. The van der Waals surface area contributed by atoms with E-state index in [0.717, 1.165) is 11.8 Å². The lowest BCUT2D eigenvalue weighted by molar-refractivity contribution is 0.855. The van der Waals surface area contributed by atoms with Gasteiger partial charge in [-0.25, -0.2) is 0 Å². The molecule has 0 heteroatoms. The standard InChI is InChI=1S/C6H8/c1-2-5-4-6(5)3-1/h1-2,5-6H,3-4H2/t5-,6?/m0/s1. The number of hydrogen-bond donors (Lipinski definition) is 0. The fourth-order valence-electron chi connectivity index (χ4n) is 1.21. The van der Waals surface area contributed by atoms with Crippen LogP contribution >= 0.6 is 0 Å². The van der Waals surface area contributed by atoms with Gasteiger partial charge in [-0.3, -0.25) is 0 Å². The van der Waals surface area contributed by atoms with Crippen molar-refractivity contribution in [1.29, 1.82) is 0 Å². The molecule has 1 fully saturated rings. The predicted molar refractivity (Wildman–Crippen MR) is 25.4 cm³/mol. The lowest BCUT2D eigenvalue weighted by atomic mass is 10.3. The Balaban J connectivity index is 2.26. The number of hydrogen-bond acceptors (Lipinski definition) is 0. The Labute approximate surface area is 37.9 Å². The smallest absolute Gasteiger partial charge is 0.0199 e. The van der Waals surface area contributed by atoms with E-state index in [1.54, 1.807) is 0 Å². The van der Waals surface area contributed by atoms with Gasteiger partial charge in [0.25, 0.3) is 0 Å². The molecule has 2 atom stereocenters. The summed E-state index contributed by atoms with van der Waals surface area (Å²) in [7, 11) is 0. The first-order chi connectivity index (χ1) is 2.97. The molecule has 0 N–H and O–H groups in total. The second-order valence-electron chi connectivity index (χ2n) is 2.32. The fraction of sp³-hybridized carbons (Fsp3) is 0.667. The summed E-state index contributed by atoms with van der Waals surface area (Å²) in [5.74, 6) is 2.13. The van der Waals surface area contributed by atoms with Crippen LogP contribution in [0.25, 0.3) is 0 Å². The van der Waals surface area contributed by atoms with Crippen molar-refractivity contribution in [2.45, 2.75) is 12.8 Å². The molecular formula is C6H8. The lowest BCUT2D eigenvalue weighted by Gasteiger charge is -1.72. The first-order valence-electron chi connectivity index (χ1n) is 2.63. The molecule has 0 spiro atoms. The van der Waals surface area contributed by atoms with Crippen LogP contribution in [0.4, 0.5) is 0 Å². The third-order valence-corrected chi connectivity index (χ3v) is 1.80. The summed E-state index contributed by atoms with van der Waals surface area (Å²) in [4.78, 5) is 0. The Morgan fingerprint density at radius 3 is 2.67 bits per heavy atom.